The summed E-state index contributed by atoms with van der Waals surface area (Å²) in [5, 5.41) is 5.03. The molecule has 6 nitrogen and oxygen atoms in total. The Balaban J connectivity index is 0.00000368. The van der Waals surface area contributed by atoms with Crippen LogP contribution in [-0.4, -0.2) is 36.0 Å². The number of hydrogen-bond acceptors (Lipinski definition) is 3. The molecule has 6 aromatic rings. The molecular weight excluding hydrogens is 577 g/mol. The van der Waals surface area contributed by atoms with Gasteiger partial charge in [0.25, 0.3) is 5.91 Å². The molecule has 43 heavy (non-hydrogen) atoms. The van der Waals surface area contributed by atoms with Crippen molar-refractivity contribution in [3.63, 3.8) is 0 Å². The van der Waals surface area contributed by atoms with Gasteiger partial charge in [-0.25, -0.2) is 9.13 Å². The Kier molecular flexibility index (Phi) is 9.21. The Labute approximate surface area is 263 Å². The average Bonchev–Trinajstić information content (AvgIpc) is 3.25. The minimum atomic E-state index is -0.0898. The molecule has 0 bridgehead atoms. The molecule has 1 aromatic heterocycles. The number of nitrogen functional groups attached to an aromatic ring is 1. The first-order valence-electron chi connectivity index (χ1n) is 14.3. The Bertz CT molecular complexity index is 1860. The summed E-state index contributed by atoms with van der Waals surface area (Å²) in [6, 6.07) is 34.5. The lowest BCUT2D eigenvalue weighted by molar-refractivity contribution is -0.644. The van der Waals surface area contributed by atoms with Gasteiger partial charge >= 0.3 is 5.95 Å². The minimum absolute atomic E-state index is 0. The molecule has 0 saturated heterocycles. The number of carbonyl (C=O) groups is 1. The predicted molar refractivity (Wildman–Crippen MR) is 174 cm³/mol. The van der Waals surface area contributed by atoms with Gasteiger partial charge in [0.05, 0.1) is 23.8 Å². The van der Waals surface area contributed by atoms with Gasteiger partial charge < -0.3 is 22.2 Å². The van der Waals surface area contributed by atoms with Gasteiger partial charge in [-0.1, -0.05) is 84.4 Å². The van der Waals surface area contributed by atoms with Crippen LogP contribution in [0.25, 0.3) is 32.6 Å². The van der Waals surface area contributed by atoms with E-state index in [0.717, 1.165) is 57.7 Å². The van der Waals surface area contributed by atoms with E-state index in [9.17, 15) is 4.79 Å². The maximum absolute atomic E-state index is 14.4. The third kappa shape index (κ3) is 6.04. The van der Waals surface area contributed by atoms with Crippen molar-refractivity contribution in [3.8, 4) is 0 Å². The first-order chi connectivity index (χ1) is 20.4. The van der Waals surface area contributed by atoms with E-state index in [2.05, 4.69) is 60.0 Å². The fourth-order valence-electron chi connectivity index (χ4n) is 5.89. The van der Waals surface area contributed by atoms with Gasteiger partial charge in [0, 0.05) is 6.54 Å². The number of amides is 1. The monoisotopic (exact) mass is 611 g/mol. The fraction of sp³-hybridized carbons (Fsp3) is 0.200. The first-order valence-corrected chi connectivity index (χ1v) is 14.7. The van der Waals surface area contributed by atoms with Crippen LogP contribution in [0.3, 0.4) is 0 Å². The van der Waals surface area contributed by atoms with Crippen LogP contribution < -0.4 is 27.6 Å². The van der Waals surface area contributed by atoms with Crippen LogP contribution in [0.15, 0.2) is 103 Å². The van der Waals surface area contributed by atoms with Crippen LogP contribution in [-0.2, 0) is 24.4 Å². The standard InChI is InChI=1S/C35H34ClN5O.ClH/c1-38(2)20-11-21-39-32-18-9-10-19-33(32)41(35(39)37)24-34(42)40(31-17-8-7-16-30(31)36)23-29-27-14-5-3-12-25(27)22-26-13-4-6-15-28(26)29;/h3-10,12-19,22,37H,11,20-21,23-24H2,1-2H3;1H. The normalized spacial score (nSPS) is 11.3. The van der Waals surface area contributed by atoms with Crippen molar-refractivity contribution >= 4 is 61.7 Å². The molecule has 0 fully saturated rings. The maximum atomic E-state index is 14.4. The maximum Gasteiger partial charge on any atom is 0.356 e. The fourth-order valence-corrected chi connectivity index (χ4v) is 6.13. The molecule has 2 N–H and O–H groups in total. The lowest BCUT2D eigenvalue weighted by atomic mass is 9.96. The summed E-state index contributed by atoms with van der Waals surface area (Å²) in [7, 11) is 4.14. The van der Waals surface area contributed by atoms with E-state index in [1.807, 2.05) is 71.3 Å². The summed E-state index contributed by atoms with van der Waals surface area (Å²) in [5.74, 6) is 0.478. The number of nitrogens with two attached hydrogens (primary N) is 1. The Hall–Kier alpha value is -4.10. The quantitative estimate of drug-likeness (QED) is 0.201. The number of carbonyl (C=O) groups excluding carboxylic acids is 1. The highest BCUT2D eigenvalue weighted by Crippen LogP contribution is 2.33. The van der Waals surface area contributed by atoms with Gasteiger partial charge in [0.15, 0.2) is 6.54 Å². The van der Waals surface area contributed by atoms with Crippen LogP contribution >= 0.6 is 11.6 Å². The molecule has 0 unspecified atom stereocenters. The number of halogens is 2. The summed E-state index contributed by atoms with van der Waals surface area (Å²) < 4.78 is 4.04. The third-order valence-electron chi connectivity index (χ3n) is 7.94. The second-order valence-corrected chi connectivity index (χ2v) is 11.4. The number of nitrogens with zero attached hydrogens (tertiary/aromatic N) is 4. The Morgan fingerprint density at radius 2 is 1.47 bits per heavy atom. The molecule has 0 atom stereocenters. The highest BCUT2D eigenvalue weighted by Gasteiger charge is 2.27. The van der Waals surface area contributed by atoms with Gasteiger partial charge in [-0.2, -0.15) is 0 Å². The molecule has 220 valence electrons. The van der Waals surface area contributed by atoms with Crippen molar-refractivity contribution in [2.75, 3.05) is 31.3 Å². The molecule has 0 spiro atoms. The van der Waals surface area contributed by atoms with Crippen molar-refractivity contribution in [2.45, 2.75) is 26.1 Å². The molecule has 1 heterocycles. The Morgan fingerprint density at radius 3 is 2.14 bits per heavy atom. The number of anilines is 2. The average molecular weight is 613 g/mol. The molecule has 0 saturated carbocycles. The van der Waals surface area contributed by atoms with Gasteiger partial charge in [-0.15, -0.1) is 0 Å². The minimum Gasteiger partial charge on any atom is -1.00 e. The lowest BCUT2D eigenvalue weighted by Crippen LogP contribution is -3.00. The first kappa shape index (κ1) is 30.4. The van der Waals surface area contributed by atoms with Crippen molar-refractivity contribution in [3.05, 3.63) is 114 Å². The molecule has 6 rings (SSSR count). The number of benzene rings is 5. The lowest BCUT2D eigenvalue weighted by Gasteiger charge is -2.25. The summed E-state index contributed by atoms with van der Waals surface area (Å²) in [6.45, 7) is 2.17. The van der Waals surface area contributed by atoms with E-state index in [1.165, 1.54) is 0 Å². The van der Waals surface area contributed by atoms with Crippen LogP contribution in [0.5, 0.6) is 0 Å². The molecular formula is C35H35Cl2N5O. The van der Waals surface area contributed by atoms with Gasteiger partial charge in [0.2, 0.25) is 0 Å². The molecule has 0 aliphatic rings. The second kappa shape index (κ2) is 13.0. The molecule has 0 radical (unpaired) electrons. The molecule has 0 aliphatic carbocycles. The van der Waals surface area contributed by atoms with Crippen LogP contribution in [0.4, 0.5) is 11.6 Å². The van der Waals surface area contributed by atoms with E-state index >= 15 is 0 Å². The highest BCUT2D eigenvalue weighted by atomic mass is 35.5. The molecule has 1 amide bonds. The van der Waals surface area contributed by atoms with E-state index in [-0.39, 0.29) is 24.9 Å². The van der Waals surface area contributed by atoms with Crippen LogP contribution in [0.2, 0.25) is 5.02 Å². The summed E-state index contributed by atoms with van der Waals surface area (Å²) in [5.41, 5.74) is 10.5. The number of hydrogen-bond donors (Lipinski definition) is 1. The largest absolute Gasteiger partial charge is 1.00 e. The third-order valence-corrected chi connectivity index (χ3v) is 8.26. The van der Waals surface area contributed by atoms with E-state index in [0.29, 0.717) is 23.2 Å². The molecule has 5 aromatic carbocycles. The summed E-state index contributed by atoms with van der Waals surface area (Å²) >= 11 is 6.75. The second-order valence-electron chi connectivity index (χ2n) is 11.0. The zero-order chi connectivity index (χ0) is 29.2. The zero-order valence-electron chi connectivity index (χ0n) is 24.4. The van der Waals surface area contributed by atoms with Gasteiger partial charge in [-0.05, 0) is 78.0 Å². The SMILES string of the molecule is CN(C)CCCn1c(N)[n+](CC(=O)N(Cc2c3ccccc3cc3ccccc23)c2ccccc2Cl)c2ccccc21.[Cl-]. The molecule has 0 aliphatic heterocycles. The number of aromatic nitrogens is 2. The van der Waals surface area contributed by atoms with Crippen molar-refractivity contribution < 1.29 is 21.8 Å². The number of aryl methyl sites for hydroxylation is 1. The van der Waals surface area contributed by atoms with Gasteiger partial charge in [0.1, 0.15) is 11.0 Å². The smallest absolute Gasteiger partial charge is 0.356 e. The Morgan fingerprint density at radius 1 is 0.860 bits per heavy atom. The van der Waals surface area contributed by atoms with Crippen molar-refractivity contribution in [2.24, 2.45) is 0 Å². The van der Waals surface area contributed by atoms with E-state index < -0.39 is 0 Å². The number of rotatable bonds is 9. The van der Waals surface area contributed by atoms with Crippen molar-refractivity contribution in [1.82, 2.24) is 9.47 Å². The summed E-state index contributed by atoms with van der Waals surface area (Å²) in [4.78, 5) is 18.4. The van der Waals surface area contributed by atoms with Crippen molar-refractivity contribution in [1.29, 1.82) is 0 Å². The van der Waals surface area contributed by atoms with Crippen LogP contribution in [0, 0.1) is 0 Å². The topological polar surface area (TPSA) is 58.4 Å². The van der Waals surface area contributed by atoms with Crippen LogP contribution in [0.1, 0.15) is 12.0 Å². The molecule has 8 heteroatoms. The number of fused-ring (bicyclic) bond motifs is 3. The predicted octanol–water partition coefficient (Wildman–Crippen LogP) is 3.66. The zero-order valence-corrected chi connectivity index (χ0v) is 25.9. The highest BCUT2D eigenvalue weighted by molar-refractivity contribution is 6.33. The van der Waals surface area contributed by atoms with Gasteiger partial charge in [-0.3, -0.25) is 10.5 Å². The summed E-state index contributed by atoms with van der Waals surface area (Å²) in [6.07, 6.45) is 0.948. The number of imidazole rings is 1. The number of para-hydroxylation sites is 3. The van der Waals surface area contributed by atoms with E-state index in [1.54, 1.807) is 4.90 Å². The van der Waals surface area contributed by atoms with E-state index in [4.69, 9.17) is 17.3 Å².